The minimum absolute atomic E-state index is 0.0608. The summed E-state index contributed by atoms with van der Waals surface area (Å²) in [6, 6.07) is 9.72. The summed E-state index contributed by atoms with van der Waals surface area (Å²) in [5.74, 6) is 0.682. The fourth-order valence-electron chi connectivity index (χ4n) is 2.83. The molecule has 0 aliphatic carbocycles. The highest BCUT2D eigenvalue weighted by Gasteiger charge is 2.19. The van der Waals surface area contributed by atoms with Crippen LogP contribution in [0, 0.1) is 0 Å². The molecule has 4 nitrogen and oxygen atoms in total. The fourth-order valence-corrected chi connectivity index (χ4v) is 3.53. The summed E-state index contributed by atoms with van der Waals surface area (Å²) in [4.78, 5) is 14.9. The summed E-state index contributed by atoms with van der Waals surface area (Å²) in [5.41, 5.74) is 1.89. The molecule has 0 fully saturated rings. The van der Waals surface area contributed by atoms with Crippen LogP contribution in [0.15, 0.2) is 41.1 Å². The number of amides is 1. The number of thiophene rings is 1. The first-order valence-corrected chi connectivity index (χ1v) is 9.91. The maximum Gasteiger partial charge on any atom is 0.251 e. The van der Waals surface area contributed by atoms with Gasteiger partial charge in [0.15, 0.2) is 0 Å². The molecule has 2 aromatic rings. The standard InChI is InChI=1S/C20H28N2O2S/c1-4-11-24-18-9-7-8-16(13-18)20(23)21-14-19(22(5-2)6-3)17-10-12-25-15-17/h7-10,12-13,15,19H,4-6,11,14H2,1-3H3,(H,21,23). The van der Waals surface area contributed by atoms with Crippen LogP contribution in [-0.2, 0) is 0 Å². The third kappa shape index (κ3) is 5.58. The van der Waals surface area contributed by atoms with Crippen molar-refractivity contribution in [1.82, 2.24) is 10.2 Å². The lowest BCUT2D eigenvalue weighted by atomic mass is 10.1. The van der Waals surface area contributed by atoms with E-state index in [4.69, 9.17) is 4.74 Å². The average molecular weight is 361 g/mol. The van der Waals surface area contributed by atoms with E-state index in [0.717, 1.165) is 25.3 Å². The zero-order chi connectivity index (χ0) is 18.1. The van der Waals surface area contributed by atoms with Crippen LogP contribution in [0.2, 0.25) is 0 Å². The zero-order valence-electron chi connectivity index (χ0n) is 15.3. The summed E-state index contributed by atoms with van der Waals surface area (Å²) in [5, 5.41) is 7.33. The van der Waals surface area contributed by atoms with Gasteiger partial charge in [-0.05, 0) is 60.1 Å². The molecule has 2 rings (SSSR count). The van der Waals surface area contributed by atoms with Crippen molar-refractivity contribution in [2.24, 2.45) is 0 Å². The number of rotatable bonds is 10. The van der Waals surface area contributed by atoms with Gasteiger partial charge in [-0.3, -0.25) is 9.69 Å². The number of hydrogen-bond acceptors (Lipinski definition) is 4. The summed E-state index contributed by atoms with van der Waals surface area (Å²) >= 11 is 1.69. The van der Waals surface area contributed by atoms with E-state index in [2.05, 4.69) is 47.8 Å². The van der Waals surface area contributed by atoms with Crippen LogP contribution < -0.4 is 10.1 Å². The molecular formula is C20H28N2O2S. The van der Waals surface area contributed by atoms with E-state index >= 15 is 0 Å². The molecule has 0 saturated carbocycles. The van der Waals surface area contributed by atoms with Crippen LogP contribution in [0.25, 0.3) is 0 Å². The molecule has 0 saturated heterocycles. The summed E-state index contributed by atoms with van der Waals surface area (Å²) < 4.78 is 5.62. The molecule has 5 heteroatoms. The van der Waals surface area contributed by atoms with Crippen molar-refractivity contribution in [3.63, 3.8) is 0 Å². The predicted octanol–water partition coefficient (Wildman–Crippen LogP) is 4.35. The monoisotopic (exact) mass is 360 g/mol. The number of benzene rings is 1. The Balaban J connectivity index is 2.03. The van der Waals surface area contributed by atoms with Gasteiger partial charge in [0.2, 0.25) is 0 Å². The fraction of sp³-hybridized carbons (Fsp3) is 0.450. The van der Waals surface area contributed by atoms with Crippen LogP contribution in [0.5, 0.6) is 5.75 Å². The van der Waals surface area contributed by atoms with E-state index in [1.807, 2.05) is 24.3 Å². The molecule has 136 valence electrons. The number of nitrogens with one attached hydrogen (secondary N) is 1. The van der Waals surface area contributed by atoms with E-state index < -0.39 is 0 Å². The van der Waals surface area contributed by atoms with Crippen LogP contribution in [-0.4, -0.2) is 37.0 Å². The Bertz CT molecular complexity index is 639. The summed E-state index contributed by atoms with van der Waals surface area (Å²) in [6.07, 6.45) is 0.947. The number of hydrogen-bond donors (Lipinski definition) is 1. The maximum absolute atomic E-state index is 12.6. The van der Waals surface area contributed by atoms with E-state index in [1.54, 1.807) is 11.3 Å². The second-order valence-corrected chi connectivity index (χ2v) is 6.66. The van der Waals surface area contributed by atoms with Gasteiger partial charge in [0.05, 0.1) is 12.6 Å². The number of nitrogens with zero attached hydrogens (tertiary/aromatic N) is 1. The molecule has 0 aliphatic rings. The highest BCUT2D eigenvalue weighted by Crippen LogP contribution is 2.22. The Hall–Kier alpha value is -1.85. The Labute approximate surface area is 154 Å². The first-order chi connectivity index (χ1) is 12.2. The predicted molar refractivity (Wildman–Crippen MR) is 105 cm³/mol. The number of carbonyl (C=O) groups excluding carboxylic acids is 1. The highest BCUT2D eigenvalue weighted by atomic mass is 32.1. The van der Waals surface area contributed by atoms with E-state index in [0.29, 0.717) is 18.7 Å². The van der Waals surface area contributed by atoms with Crippen molar-refractivity contribution in [2.75, 3.05) is 26.2 Å². The lowest BCUT2D eigenvalue weighted by Gasteiger charge is -2.29. The molecule has 1 N–H and O–H groups in total. The van der Waals surface area contributed by atoms with Crippen LogP contribution in [0.4, 0.5) is 0 Å². The SMILES string of the molecule is CCCOc1cccc(C(=O)NCC(c2ccsc2)N(CC)CC)c1. The van der Waals surface area contributed by atoms with E-state index in [1.165, 1.54) is 5.56 Å². The summed E-state index contributed by atoms with van der Waals surface area (Å²) in [7, 11) is 0. The van der Waals surface area contributed by atoms with Crippen molar-refractivity contribution in [1.29, 1.82) is 0 Å². The smallest absolute Gasteiger partial charge is 0.251 e. The number of ether oxygens (including phenoxy) is 1. The minimum atomic E-state index is -0.0608. The van der Waals surface area contributed by atoms with E-state index in [-0.39, 0.29) is 11.9 Å². The van der Waals surface area contributed by atoms with Crippen LogP contribution >= 0.6 is 11.3 Å². The first-order valence-electron chi connectivity index (χ1n) is 8.96. The zero-order valence-corrected chi connectivity index (χ0v) is 16.1. The molecule has 1 atom stereocenters. The van der Waals surface area contributed by atoms with Gasteiger partial charge < -0.3 is 10.1 Å². The highest BCUT2D eigenvalue weighted by molar-refractivity contribution is 7.07. The van der Waals surface area contributed by atoms with Gasteiger partial charge >= 0.3 is 0 Å². The normalized spacial score (nSPS) is 12.2. The third-order valence-corrected chi connectivity index (χ3v) is 4.91. The number of likely N-dealkylation sites (N-methyl/N-ethyl adjacent to an activating group) is 1. The maximum atomic E-state index is 12.6. The van der Waals surface area contributed by atoms with Crippen molar-refractivity contribution >= 4 is 17.2 Å². The van der Waals surface area contributed by atoms with Crippen molar-refractivity contribution in [3.05, 3.63) is 52.2 Å². The Morgan fingerprint density at radius 2 is 2.04 bits per heavy atom. The van der Waals surface area contributed by atoms with Gasteiger partial charge in [-0.25, -0.2) is 0 Å². The molecule has 25 heavy (non-hydrogen) atoms. The van der Waals surface area contributed by atoms with Gasteiger partial charge in [0, 0.05) is 12.1 Å². The van der Waals surface area contributed by atoms with Gasteiger partial charge in [-0.2, -0.15) is 11.3 Å². The molecule has 1 aromatic heterocycles. The average Bonchev–Trinajstić information content (AvgIpc) is 3.17. The minimum Gasteiger partial charge on any atom is -0.494 e. The largest absolute Gasteiger partial charge is 0.494 e. The summed E-state index contributed by atoms with van der Waals surface area (Å²) in [6.45, 7) is 9.53. The molecule has 0 aliphatic heterocycles. The van der Waals surface area contributed by atoms with Crippen LogP contribution in [0.1, 0.15) is 49.2 Å². The van der Waals surface area contributed by atoms with Gasteiger partial charge in [0.1, 0.15) is 5.75 Å². The Kier molecular flexibility index (Phi) is 7.95. The molecule has 0 spiro atoms. The lowest BCUT2D eigenvalue weighted by Crippen LogP contribution is -2.37. The quantitative estimate of drug-likeness (QED) is 0.685. The topological polar surface area (TPSA) is 41.6 Å². The molecule has 1 aromatic carbocycles. The van der Waals surface area contributed by atoms with Crippen LogP contribution in [0.3, 0.4) is 0 Å². The molecule has 1 amide bonds. The third-order valence-electron chi connectivity index (χ3n) is 4.21. The molecule has 1 unspecified atom stereocenters. The van der Waals surface area contributed by atoms with Crippen molar-refractivity contribution < 1.29 is 9.53 Å². The van der Waals surface area contributed by atoms with Gasteiger partial charge in [-0.15, -0.1) is 0 Å². The Morgan fingerprint density at radius 1 is 1.24 bits per heavy atom. The Morgan fingerprint density at radius 3 is 2.68 bits per heavy atom. The first kappa shape index (κ1) is 19.5. The van der Waals surface area contributed by atoms with Gasteiger partial charge in [-0.1, -0.05) is 26.8 Å². The number of carbonyl (C=O) groups is 1. The molecule has 1 heterocycles. The second kappa shape index (κ2) is 10.2. The van der Waals surface area contributed by atoms with Crippen molar-refractivity contribution in [2.45, 2.75) is 33.2 Å². The molecule has 0 radical (unpaired) electrons. The van der Waals surface area contributed by atoms with E-state index in [9.17, 15) is 4.79 Å². The molecular weight excluding hydrogens is 332 g/mol. The van der Waals surface area contributed by atoms with Gasteiger partial charge in [0.25, 0.3) is 5.91 Å². The second-order valence-electron chi connectivity index (χ2n) is 5.88. The van der Waals surface area contributed by atoms with Crippen molar-refractivity contribution in [3.8, 4) is 5.75 Å². The molecule has 0 bridgehead atoms. The lowest BCUT2D eigenvalue weighted by molar-refractivity contribution is 0.0934.